The maximum Gasteiger partial charge on any atom is 0.273 e. The molecule has 10 nitrogen and oxygen atoms in total. The van der Waals surface area contributed by atoms with Gasteiger partial charge in [0.2, 0.25) is 0 Å². The number of carbonyl (C=O) groups excluding carboxylic acids is 1. The number of amides is 1. The molecule has 3 aromatic rings. The lowest BCUT2D eigenvalue weighted by atomic mass is 10.1. The molecule has 0 bridgehead atoms. The number of nitro groups is 1. The second-order valence-corrected chi connectivity index (χ2v) is 9.88. The minimum Gasteiger partial charge on any atom is -0.497 e. The molecule has 3 aromatic carbocycles. The lowest BCUT2D eigenvalue weighted by molar-refractivity contribution is -0.385. The first-order valence-electron chi connectivity index (χ1n) is 10.8. The molecule has 188 valence electrons. The molecule has 0 fully saturated rings. The van der Waals surface area contributed by atoms with Gasteiger partial charge in [0.05, 0.1) is 28.3 Å². The molecule has 1 N–H and O–H groups in total. The average Bonchev–Trinajstić information content (AvgIpc) is 2.86. The number of nitrogens with one attached hydrogen (secondary N) is 1. The van der Waals surface area contributed by atoms with Crippen LogP contribution in [0.3, 0.4) is 0 Å². The minimum absolute atomic E-state index is 0.174. The molecule has 0 aromatic heterocycles. The number of rotatable bonds is 9. The Labute approximate surface area is 209 Å². The van der Waals surface area contributed by atoms with Gasteiger partial charge < -0.3 is 4.74 Å². The third kappa shape index (κ3) is 6.05. The number of hydrogen-bond donors (Lipinski definition) is 1. The number of nitrogens with zero attached hydrogens (tertiary/aromatic N) is 3. The molecule has 0 aliphatic rings. The number of hydrazone groups is 1. The van der Waals surface area contributed by atoms with Gasteiger partial charge in [-0.2, -0.15) is 5.10 Å². The van der Waals surface area contributed by atoms with Gasteiger partial charge in [0.15, 0.2) is 0 Å². The van der Waals surface area contributed by atoms with Crippen molar-refractivity contribution < 1.29 is 22.9 Å². The van der Waals surface area contributed by atoms with E-state index >= 15 is 0 Å². The number of aryl methyl sites for hydroxylation is 2. The van der Waals surface area contributed by atoms with E-state index in [-0.39, 0.29) is 16.3 Å². The highest BCUT2D eigenvalue weighted by Gasteiger charge is 2.29. The van der Waals surface area contributed by atoms with Gasteiger partial charge in [-0.1, -0.05) is 35.9 Å². The second-order valence-electron chi connectivity index (χ2n) is 8.01. The first-order chi connectivity index (χ1) is 17.0. The van der Waals surface area contributed by atoms with Crippen LogP contribution < -0.4 is 14.5 Å². The normalized spacial score (nSPS) is 11.6. The van der Waals surface area contributed by atoms with E-state index in [2.05, 4.69) is 10.5 Å². The van der Waals surface area contributed by atoms with Crippen molar-refractivity contribution in [1.82, 2.24) is 5.43 Å². The Morgan fingerprint density at radius 1 is 1.06 bits per heavy atom. The summed E-state index contributed by atoms with van der Waals surface area (Å²) in [7, 11) is -2.89. The van der Waals surface area contributed by atoms with Gasteiger partial charge in [-0.15, -0.1) is 0 Å². The van der Waals surface area contributed by atoms with Crippen LogP contribution in [0.5, 0.6) is 5.75 Å². The monoisotopic (exact) mass is 510 g/mol. The fourth-order valence-corrected chi connectivity index (χ4v) is 4.75. The summed E-state index contributed by atoms with van der Waals surface area (Å²) in [6.07, 6.45) is 0. The molecule has 0 saturated heterocycles. The number of sulfonamides is 1. The molecule has 0 aliphatic heterocycles. The highest BCUT2D eigenvalue weighted by Crippen LogP contribution is 2.29. The molecule has 36 heavy (non-hydrogen) atoms. The molecule has 0 atom stereocenters. The summed E-state index contributed by atoms with van der Waals surface area (Å²) in [5.74, 6) is -0.202. The summed E-state index contributed by atoms with van der Waals surface area (Å²) >= 11 is 0. The number of hydrogen-bond acceptors (Lipinski definition) is 7. The Morgan fingerprint density at radius 3 is 2.28 bits per heavy atom. The van der Waals surface area contributed by atoms with Crippen LogP contribution in [0.4, 0.5) is 11.4 Å². The predicted molar refractivity (Wildman–Crippen MR) is 137 cm³/mol. The summed E-state index contributed by atoms with van der Waals surface area (Å²) in [4.78, 5) is 23.2. The largest absolute Gasteiger partial charge is 0.497 e. The number of benzene rings is 3. The first kappa shape index (κ1) is 26.4. The Kier molecular flexibility index (Phi) is 8.05. The van der Waals surface area contributed by atoms with Crippen molar-refractivity contribution in [2.24, 2.45) is 5.10 Å². The van der Waals surface area contributed by atoms with Gasteiger partial charge in [-0.25, -0.2) is 13.8 Å². The molecule has 0 radical (unpaired) electrons. The Balaban J connectivity index is 1.94. The van der Waals surface area contributed by atoms with Crippen LogP contribution in [0.1, 0.15) is 23.6 Å². The van der Waals surface area contributed by atoms with Crippen molar-refractivity contribution in [3.8, 4) is 5.75 Å². The van der Waals surface area contributed by atoms with Crippen LogP contribution in [0, 0.1) is 24.0 Å². The highest BCUT2D eigenvalue weighted by atomic mass is 32.2. The van der Waals surface area contributed by atoms with Gasteiger partial charge in [0, 0.05) is 11.6 Å². The molecule has 3 rings (SSSR count). The zero-order valence-electron chi connectivity index (χ0n) is 20.3. The third-order valence-electron chi connectivity index (χ3n) is 5.43. The Bertz CT molecular complexity index is 1400. The van der Waals surface area contributed by atoms with Crippen LogP contribution in [0.2, 0.25) is 0 Å². The smallest absolute Gasteiger partial charge is 0.273 e. The molecule has 0 heterocycles. The summed E-state index contributed by atoms with van der Waals surface area (Å²) in [6.45, 7) is 4.57. The first-order valence-corrected chi connectivity index (χ1v) is 12.3. The van der Waals surface area contributed by atoms with Crippen molar-refractivity contribution >= 4 is 33.0 Å². The summed E-state index contributed by atoms with van der Waals surface area (Å²) in [5.41, 5.74) is 4.95. The van der Waals surface area contributed by atoms with E-state index in [9.17, 15) is 23.3 Å². The molecule has 0 unspecified atom stereocenters. The number of carbonyl (C=O) groups is 1. The Morgan fingerprint density at radius 2 is 1.69 bits per heavy atom. The zero-order chi connectivity index (χ0) is 26.5. The molecule has 0 aliphatic carbocycles. The molecule has 11 heteroatoms. The van der Waals surface area contributed by atoms with Crippen molar-refractivity contribution in [3.05, 3.63) is 93.5 Å². The lowest BCUT2D eigenvalue weighted by Crippen LogP contribution is -2.39. The minimum atomic E-state index is -4.36. The third-order valence-corrected chi connectivity index (χ3v) is 7.20. The number of anilines is 1. The number of methoxy groups -OCH3 is 1. The van der Waals surface area contributed by atoms with E-state index in [1.54, 1.807) is 19.1 Å². The molecular formula is C25H26N4O6S. The SMILES string of the molecule is COc1ccc(N(CC(=O)N/N=C(/C)c2ccc(C)cc2)S(=O)(=O)c2ccc(C)c([N+](=O)[O-])c2)cc1. The molecule has 1 amide bonds. The highest BCUT2D eigenvalue weighted by molar-refractivity contribution is 7.92. The van der Waals surface area contributed by atoms with Crippen LogP contribution >= 0.6 is 0 Å². The quantitative estimate of drug-likeness (QED) is 0.263. The van der Waals surface area contributed by atoms with Crippen molar-refractivity contribution in [2.75, 3.05) is 18.0 Å². The van der Waals surface area contributed by atoms with E-state index in [1.165, 1.54) is 38.3 Å². The van der Waals surface area contributed by atoms with Gasteiger partial charge in [-0.05, 0) is 56.7 Å². The Hall–Kier alpha value is -4.25. The lowest BCUT2D eigenvalue weighted by Gasteiger charge is -2.24. The fraction of sp³-hybridized carbons (Fsp3) is 0.200. The summed E-state index contributed by atoms with van der Waals surface area (Å²) in [5, 5.41) is 15.5. The topological polar surface area (TPSA) is 131 Å². The van der Waals surface area contributed by atoms with Crippen molar-refractivity contribution in [2.45, 2.75) is 25.7 Å². The fourth-order valence-electron chi connectivity index (χ4n) is 3.31. The zero-order valence-corrected chi connectivity index (χ0v) is 21.1. The van der Waals surface area contributed by atoms with Gasteiger partial charge in [-0.3, -0.25) is 19.2 Å². The van der Waals surface area contributed by atoms with Crippen LogP contribution in [0.15, 0.2) is 76.7 Å². The number of ether oxygens (including phenoxy) is 1. The summed E-state index contributed by atoms with van der Waals surface area (Å²) < 4.78 is 33.1. The summed E-state index contributed by atoms with van der Waals surface area (Å²) in [6, 6.07) is 17.2. The van der Waals surface area contributed by atoms with Crippen LogP contribution in [-0.2, 0) is 14.8 Å². The standard InChI is InChI=1S/C25H26N4O6S/c1-17-5-8-20(9-6-17)19(3)26-27-25(30)16-28(21-10-12-22(35-4)13-11-21)36(33,34)23-14-7-18(2)24(15-23)29(31)32/h5-15H,16H2,1-4H3,(H,27,30)/b26-19-. The molecular weight excluding hydrogens is 484 g/mol. The van der Waals surface area contributed by atoms with Crippen molar-refractivity contribution in [3.63, 3.8) is 0 Å². The predicted octanol–water partition coefficient (Wildman–Crippen LogP) is 3.96. The van der Waals surface area contributed by atoms with Gasteiger partial charge in [0.25, 0.3) is 21.6 Å². The second kappa shape index (κ2) is 11.0. The molecule has 0 spiro atoms. The molecule has 0 saturated carbocycles. The van der Waals surface area contributed by atoms with Crippen LogP contribution in [0.25, 0.3) is 0 Å². The van der Waals surface area contributed by atoms with Crippen molar-refractivity contribution in [1.29, 1.82) is 0 Å². The number of nitro benzene ring substituents is 1. The maximum absolute atomic E-state index is 13.6. The van der Waals surface area contributed by atoms with Crippen LogP contribution in [-0.4, -0.2) is 38.6 Å². The van der Waals surface area contributed by atoms with E-state index in [1.807, 2.05) is 31.2 Å². The van der Waals surface area contributed by atoms with E-state index in [0.29, 0.717) is 17.0 Å². The van der Waals surface area contributed by atoms with Gasteiger partial charge >= 0.3 is 0 Å². The van der Waals surface area contributed by atoms with E-state index in [0.717, 1.165) is 21.5 Å². The van der Waals surface area contributed by atoms with E-state index < -0.39 is 27.4 Å². The average molecular weight is 511 g/mol. The van der Waals surface area contributed by atoms with Gasteiger partial charge in [0.1, 0.15) is 12.3 Å². The maximum atomic E-state index is 13.6. The van der Waals surface area contributed by atoms with E-state index in [4.69, 9.17) is 4.74 Å².